The van der Waals surface area contributed by atoms with Crippen molar-refractivity contribution in [3.8, 4) is 5.88 Å². The molecule has 1 atom stereocenters. The summed E-state index contributed by atoms with van der Waals surface area (Å²) in [6.45, 7) is 0.836. The summed E-state index contributed by atoms with van der Waals surface area (Å²) in [5.41, 5.74) is 8.95. The number of anilines is 1. The molecule has 0 spiro atoms. The Morgan fingerprint density at radius 2 is 2.47 bits per heavy atom. The molecule has 1 aliphatic rings. The van der Waals surface area contributed by atoms with E-state index in [0.717, 1.165) is 0 Å². The summed E-state index contributed by atoms with van der Waals surface area (Å²) in [6, 6.07) is 3.54. The number of carbonyl (C=O) groups is 1. The molecule has 1 aromatic heterocycles. The maximum absolute atomic E-state index is 12.0. The van der Waals surface area contributed by atoms with Crippen LogP contribution in [0.25, 0.3) is 10.4 Å². The number of halogens is 1. The second-order valence-corrected chi connectivity index (χ2v) is 4.96. The van der Waals surface area contributed by atoms with Crippen molar-refractivity contribution in [1.82, 2.24) is 4.98 Å². The fourth-order valence-electron chi connectivity index (χ4n) is 2.05. The molecule has 100 valence electrons. The van der Waals surface area contributed by atoms with E-state index in [1.165, 1.54) is 7.11 Å². The van der Waals surface area contributed by atoms with Gasteiger partial charge in [-0.05, 0) is 39.5 Å². The minimum Gasteiger partial charge on any atom is -0.479 e. The Hall–Kier alpha value is -1.79. The number of carbonyl (C=O) groups excluding carboxylic acids is 1. The Balaban J connectivity index is 2.22. The number of pyridine rings is 1. The quantitative estimate of drug-likeness (QED) is 0.368. The van der Waals surface area contributed by atoms with E-state index < -0.39 is 0 Å². The van der Waals surface area contributed by atoms with Crippen LogP contribution in [0.3, 0.4) is 0 Å². The average molecular weight is 326 g/mol. The molecular weight excluding hydrogens is 314 g/mol. The molecule has 7 nitrogen and oxygen atoms in total. The fourth-order valence-corrected chi connectivity index (χ4v) is 2.35. The summed E-state index contributed by atoms with van der Waals surface area (Å²) in [5.74, 6) is 0.421. The van der Waals surface area contributed by atoms with E-state index in [-0.39, 0.29) is 11.8 Å². The molecule has 1 unspecified atom stereocenters. The highest BCUT2D eigenvalue weighted by Gasteiger charge is 2.32. The topological polar surface area (TPSA) is 91.2 Å². The van der Waals surface area contributed by atoms with Gasteiger partial charge in [0.05, 0.1) is 7.11 Å². The van der Waals surface area contributed by atoms with Gasteiger partial charge >= 0.3 is 0 Å². The molecule has 0 N–H and O–H groups in total. The third-order valence-electron chi connectivity index (χ3n) is 2.90. The highest BCUT2D eigenvalue weighted by molar-refractivity contribution is 9.10. The van der Waals surface area contributed by atoms with Crippen molar-refractivity contribution in [2.24, 2.45) is 11.0 Å². The van der Waals surface area contributed by atoms with Crippen LogP contribution in [0.15, 0.2) is 21.9 Å². The van der Waals surface area contributed by atoms with Gasteiger partial charge in [0, 0.05) is 24.4 Å². The first-order chi connectivity index (χ1) is 9.15. The normalized spacial score (nSPS) is 18.3. The summed E-state index contributed by atoms with van der Waals surface area (Å²) >= 11 is 3.26. The van der Waals surface area contributed by atoms with Crippen molar-refractivity contribution in [2.75, 3.05) is 25.1 Å². The number of methoxy groups -OCH3 is 1. The molecule has 0 aliphatic carbocycles. The van der Waals surface area contributed by atoms with Crippen LogP contribution in [0.2, 0.25) is 0 Å². The van der Waals surface area contributed by atoms with E-state index >= 15 is 0 Å². The Labute approximate surface area is 118 Å². The van der Waals surface area contributed by atoms with Gasteiger partial charge in [0.2, 0.25) is 11.8 Å². The zero-order chi connectivity index (χ0) is 13.8. The molecule has 0 radical (unpaired) electrons. The van der Waals surface area contributed by atoms with E-state index in [2.05, 4.69) is 30.9 Å². The molecule has 1 amide bonds. The smallest absolute Gasteiger partial charge is 0.238 e. The minimum absolute atomic E-state index is 0.0134. The van der Waals surface area contributed by atoms with Crippen LogP contribution in [0.1, 0.15) is 6.42 Å². The lowest BCUT2D eigenvalue weighted by Gasteiger charge is -2.18. The Morgan fingerprint density at radius 1 is 1.68 bits per heavy atom. The van der Waals surface area contributed by atoms with Crippen LogP contribution in [0.5, 0.6) is 5.88 Å². The second kappa shape index (κ2) is 5.90. The van der Waals surface area contributed by atoms with E-state index in [9.17, 15) is 4.79 Å². The molecule has 19 heavy (non-hydrogen) atoms. The number of hydrogen-bond donors (Lipinski definition) is 0. The van der Waals surface area contributed by atoms with Crippen LogP contribution >= 0.6 is 15.9 Å². The highest BCUT2D eigenvalue weighted by Crippen LogP contribution is 2.32. The number of nitrogens with zero attached hydrogens (tertiary/aromatic N) is 5. The number of hydrogen-bond acceptors (Lipinski definition) is 4. The Bertz CT molecular complexity index is 544. The predicted octanol–water partition coefficient (Wildman–Crippen LogP) is 2.52. The van der Waals surface area contributed by atoms with Gasteiger partial charge in [-0.15, -0.1) is 0 Å². The molecule has 1 fully saturated rings. The van der Waals surface area contributed by atoms with Crippen LogP contribution in [-0.2, 0) is 4.79 Å². The summed E-state index contributed by atoms with van der Waals surface area (Å²) in [6.07, 6.45) is 0.373. The van der Waals surface area contributed by atoms with Gasteiger partial charge in [-0.3, -0.25) is 4.79 Å². The van der Waals surface area contributed by atoms with Gasteiger partial charge < -0.3 is 9.64 Å². The van der Waals surface area contributed by atoms with Crippen LogP contribution in [0, 0.1) is 5.92 Å². The minimum atomic E-state index is -0.0134. The van der Waals surface area contributed by atoms with Gasteiger partial charge in [0.1, 0.15) is 10.3 Å². The Kier molecular flexibility index (Phi) is 4.24. The molecular formula is C11H12BrN5O2. The van der Waals surface area contributed by atoms with E-state index in [4.69, 9.17) is 10.3 Å². The number of aromatic nitrogens is 1. The highest BCUT2D eigenvalue weighted by atomic mass is 79.9. The van der Waals surface area contributed by atoms with Gasteiger partial charge in [0.25, 0.3) is 0 Å². The van der Waals surface area contributed by atoms with Crippen molar-refractivity contribution in [1.29, 1.82) is 0 Å². The van der Waals surface area contributed by atoms with Gasteiger partial charge in [-0.25, -0.2) is 4.98 Å². The molecule has 0 saturated carbocycles. The number of rotatable bonds is 4. The zero-order valence-electron chi connectivity index (χ0n) is 10.3. The lowest BCUT2D eigenvalue weighted by atomic mass is 10.1. The van der Waals surface area contributed by atoms with Crippen molar-refractivity contribution < 1.29 is 9.53 Å². The second-order valence-electron chi connectivity index (χ2n) is 4.15. The fraction of sp³-hybridized carbons (Fsp3) is 0.455. The molecule has 2 heterocycles. The molecule has 0 aromatic carbocycles. The van der Waals surface area contributed by atoms with Gasteiger partial charge in [-0.1, -0.05) is 5.11 Å². The molecule has 1 aliphatic heterocycles. The predicted molar refractivity (Wildman–Crippen MR) is 73.0 cm³/mol. The van der Waals surface area contributed by atoms with Gasteiger partial charge in [0.15, 0.2) is 0 Å². The van der Waals surface area contributed by atoms with E-state index in [1.807, 2.05) is 0 Å². The first-order valence-electron chi connectivity index (χ1n) is 5.67. The third-order valence-corrected chi connectivity index (χ3v) is 3.34. The summed E-state index contributed by atoms with van der Waals surface area (Å²) < 4.78 is 5.83. The van der Waals surface area contributed by atoms with Crippen LogP contribution < -0.4 is 9.64 Å². The summed E-state index contributed by atoms with van der Waals surface area (Å²) in [4.78, 5) is 20.5. The first kappa shape index (κ1) is 13.6. The molecule has 8 heteroatoms. The summed E-state index contributed by atoms with van der Waals surface area (Å²) in [5, 5.41) is 3.52. The summed E-state index contributed by atoms with van der Waals surface area (Å²) in [7, 11) is 1.51. The molecule has 1 aromatic rings. The zero-order valence-corrected chi connectivity index (χ0v) is 11.9. The van der Waals surface area contributed by atoms with E-state index in [1.54, 1.807) is 17.0 Å². The first-order valence-corrected chi connectivity index (χ1v) is 6.46. The van der Waals surface area contributed by atoms with Gasteiger partial charge in [-0.2, -0.15) is 0 Å². The lowest BCUT2D eigenvalue weighted by molar-refractivity contribution is -0.117. The maximum atomic E-state index is 12.0. The number of amides is 1. The van der Waals surface area contributed by atoms with Crippen molar-refractivity contribution in [3.05, 3.63) is 27.2 Å². The third kappa shape index (κ3) is 2.97. The Morgan fingerprint density at radius 3 is 3.16 bits per heavy atom. The molecule has 2 rings (SSSR count). The molecule has 0 bridgehead atoms. The largest absolute Gasteiger partial charge is 0.479 e. The van der Waals surface area contributed by atoms with Crippen molar-refractivity contribution in [3.63, 3.8) is 0 Å². The van der Waals surface area contributed by atoms with E-state index in [0.29, 0.717) is 35.7 Å². The average Bonchev–Trinajstić information content (AvgIpc) is 2.77. The lowest BCUT2D eigenvalue weighted by Crippen LogP contribution is -2.25. The van der Waals surface area contributed by atoms with Crippen molar-refractivity contribution in [2.45, 2.75) is 6.42 Å². The standard InChI is InChI=1S/C11H12BrN5O2/c1-19-11-8(2-3-9(12)15-11)17-6-7(4-10(17)18)5-14-16-13/h2-3,7H,4-6H2,1H3. The number of ether oxygens (including phenoxy) is 1. The molecule has 1 saturated heterocycles. The van der Waals surface area contributed by atoms with Crippen molar-refractivity contribution >= 4 is 27.5 Å². The van der Waals surface area contributed by atoms with Crippen LogP contribution in [0.4, 0.5) is 5.69 Å². The van der Waals surface area contributed by atoms with Crippen LogP contribution in [-0.4, -0.2) is 31.1 Å². The maximum Gasteiger partial charge on any atom is 0.238 e. The SMILES string of the molecule is COc1nc(Br)ccc1N1CC(CN=[N+]=[N-])CC1=O. The number of azide groups is 1. The monoisotopic (exact) mass is 325 g/mol.